The first-order valence-corrected chi connectivity index (χ1v) is 9.90. The van der Waals surface area contributed by atoms with E-state index in [4.69, 9.17) is 9.72 Å². The van der Waals surface area contributed by atoms with Crippen LogP contribution in [0, 0.1) is 6.92 Å². The number of nitrogens with zero attached hydrogens (tertiary/aromatic N) is 9. The van der Waals surface area contributed by atoms with Crippen molar-refractivity contribution in [3.8, 4) is 17.3 Å². The minimum absolute atomic E-state index is 0.0111. The average Bonchev–Trinajstić information content (AvgIpc) is 3.40. The van der Waals surface area contributed by atoms with Gasteiger partial charge in [-0.1, -0.05) is 0 Å². The number of anilines is 1. The molecule has 1 aliphatic rings. The molecule has 0 amide bonds. The Kier molecular flexibility index (Phi) is 4.66. The lowest BCUT2D eigenvalue weighted by Crippen LogP contribution is -2.25. The zero-order valence-corrected chi connectivity index (χ0v) is 16.8. The summed E-state index contributed by atoms with van der Waals surface area (Å²) in [4.78, 5) is 32.9. The Balaban J connectivity index is 1.45. The van der Waals surface area contributed by atoms with Crippen LogP contribution in [0.15, 0.2) is 37.3 Å². The maximum Gasteiger partial charge on any atom is 0.245 e. The number of imidazole rings is 1. The number of hydrogen-bond acceptors (Lipinski definition) is 9. The molecule has 4 aromatic heterocycles. The highest BCUT2D eigenvalue weighted by atomic mass is 16.5. The minimum atomic E-state index is -0.0111. The molecule has 0 aliphatic carbocycles. The maximum absolute atomic E-state index is 6.26. The number of ether oxygens (including phenoxy) is 1. The SMILES string of the molecule is CCn1c(-c2cnc(C)nc2)nc2c(OC3CCN(c4cnccn4)C3)ncnc21. The standard InChI is InChI=1S/C20H21N9O/c1-3-29-18(14-8-23-13(2)24-9-14)27-17-19(29)25-12-26-20(17)30-15-4-7-28(11-15)16-10-21-5-6-22-16/h5-6,8-10,12,15H,3-4,7,11H2,1-2H3. The Hall–Kier alpha value is -3.69. The smallest absolute Gasteiger partial charge is 0.245 e. The fourth-order valence-electron chi connectivity index (χ4n) is 3.67. The molecule has 1 unspecified atom stereocenters. The van der Waals surface area contributed by atoms with E-state index in [0.29, 0.717) is 17.9 Å². The van der Waals surface area contributed by atoms with Crippen LogP contribution in [0.4, 0.5) is 5.82 Å². The van der Waals surface area contributed by atoms with E-state index >= 15 is 0 Å². The molecule has 5 rings (SSSR count). The van der Waals surface area contributed by atoms with Gasteiger partial charge in [-0.25, -0.2) is 24.9 Å². The van der Waals surface area contributed by atoms with Crippen LogP contribution in [-0.2, 0) is 6.54 Å². The molecule has 1 atom stereocenters. The summed E-state index contributed by atoms with van der Waals surface area (Å²) in [6.45, 7) is 6.19. The van der Waals surface area contributed by atoms with Crippen LogP contribution in [0.3, 0.4) is 0 Å². The Bertz CT molecular complexity index is 1160. The highest BCUT2D eigenvalue weighted by Gasteiger charge is 2.27. The van der Waals surface area contributed by atoms with E-state index in [1.165, 1.54) is 6.33 Å². The van der Waals surface area contributed by atoms with Crippen molar-refractivity contribution >= 4 is 17.0 Å². The van der Waals surface area contributed by atoms with Crippen LogP contribution in [0.25, 0.3) is 22.6 Å². The van der Waals surface area contributed by atoms with Gasteiger partial charge in [0.1, 0.15) is 29.9 Å². The summed E-state index contributed by atoms with van der Waals surface area (Å²) < 4.78 is 8.29. The van der Waals surface area contributed by atoms with Gasteiger partial charge in [0.05, 0.1) is 18.3 Å². The molecular formula is C20H21N9O. The van der Waals surface area contributed by atoms with Crippen LogP contribution >= 0.6 is 0 Å². The number of hydrogen-bond donors (Lipinski definition) is 0. The Labute approximate surface area is 173 Å². The van der Waals surface area contributed by atoms with Gasteiger partial charge in [-0.2, -0.15) is 4.98 Å². The van der Waals surface area contributed by atoms with E-state index in [1.54, 1.807) is 31.0 Å². The zero-order chi connectivity index (χ0) is 20.5. The molecule has 0 aromatic carbocycles. The molecule has 0 spiro atoms. The lowest BCUT2D eigenvalue weighted by molar-refractivity contribution is 0.218. The van der Waals surface area contributed by atoms with Crippen molar-refractivity contribution in [3.63, 3.8) is 0 Å². The van der Waals surface area contributed by atoms with Gasteiger partial charge in [0.25, 0.3) is 0 Å². The van der Waals surface area contributed by atoms with Gasteiger partial charge in [0.15, 0.2) is 11.2 Å². The van der Waals surface area contributed by atoms with Crippen molar-refractivity contribution in [3.05, 3.63) is 43.1 Å². The predicted molar refractivity (Wildman–Crippen MR) is 110 cm³/mol. The third kappa shape index (κ3) is 3.30. The molecule has 1 fully saturated rings. The summed E-state index contributed by atoms with van der Waals surface area (Å²) >= 11 is 0. The molecular weight excluding hydrogens is 382 g/mol. The molecule has 0 radical (unpaired) electrons. The van der Waals surface area contributed by atoms with E-state index in [-0.39, 0.29) is 6.10 Å². The maximum atomic E-state index is 6.26. The third-order valence-corrected chi connectivity index (χ3v) is 5.15. The van der Waals surface area contributed by atoms with E-state index in [0.717, 1.165) is 48.2 Å². The number of fused-ring (bicyclic) bond motifs is 1. The van der Waals surface area contributed by atoms with Crippen molar-refractivity contribution < 1.29 is 4.74 Å². The molecule has 0 N–H and O–H groups in total. The van der Waals surface area contributed by atoms with Crippen molar-refractivity contribution in [1.82, 2.24) is 39.5 Å². The summed E-state index contributed by atoms with van der Waals surface area (Å²) in [7, 11) is 0. The van der Waals surface area contributed by atoms with Crippen molar-refractivity contribution in [1.29, 1.82) is 0 Å². The summed E-state index contributed by atoms with van der Waals surface area (Å²) in [5, 5.41) is 0. The van der Waals surface area contributed by atoms with Gasteiger partial charge in [0.2, 0.25) is 5.88 Å². The Morgan fingerprint density at radius 3 is 2.70 bits per heavy atom. The molecule has 10 heteroatoms. The fraction of sp³-hybridized carbons (Fsp3) is 0.350. The quantitative estimate of drug-likeness (QED) is 0.495. The first-order chi connectivity index (χ1) is 14.7. The fourth-order valence-corrected chi connectivity index (χ4v) is 3.67. The van der Waals surface area contributed by atoms with Gasteiger partial charge < -0.3 is 14.2 Å². The molecule has 10 nitrogen and oxygen atoms in total. The first kappa shape index (κ1) is 18.3. The van der Waals surface area contributed by atoms with E-state index in [2.05, 4.69) is 41.7 Å². The van der Waals surface area contributed by atoms with Gasteiger partial charge in [-0.3, -0.25) is 4.98 Å². The Morgan fingerprint density at radius 1 is 1.07 bits per heavy atom. The van der Waals surface area contributed by atoms with E-state index < -0.39 is 0 Å². The summed E-state index contributed by atoms with van der Waals surface area (Å²) in [6, 6.07) is 0. The lowest BCUT2D eigenvalue weighted by atomic mass is 10.3. The summed E-state index contributed by atoms with van der Waals surface area (Å²) in [6.07, 6.45) is 11.1. The molecule has 4 aromatic rings. The van der Waals surface area contributed by atoms with Gasteiger partial charge in [-0.15, -0.1) is 0 Å². The second-order valence-electron chi connectivity index (χ2n) is 7.09. The average molecular weight is 403 g/mol. The predicted octanol–water partition coefficient (Wildman–Crippen LogP) is 2.06. The monoisotopic (exact) mass is 403 g/mol. The van der Waals surface area contributed by atoms with E-state index in [9.17, 15) is 0 Å². The normalized spacial score (nSPS) is 16.3. The highest BCUT2D eigenvalue weighted by Crippen LogP contribution is 2.29. The molecule has 1 saturated heterocycles. The molecule has 30 heavy (non-hydrogen) atoms. The van der Waals surface area contributed by atoms with E-state index in [1.807, 2.05) is 11.5 Å². The third-order valence-electron chi connectivity index (χ3n) is 5.15. The van der Waals surface area contributed by atoms with Crippen molar-refractivity contribution in [2.45, 2.75) is 32.9 Å². The second-order valence-corrected chi connectivity index (χ2v) is 7.09. The number of rotatable bonds is 5. The minimum Gasteiger partial charge on any atom is -0.471 e. The largest absolute Gasteiger partial charge is 0.471 e. The molecule has 5 heterocycles. The number of aromatic nitrogens is 8. The summed E-state index contributed by atoms with van der Waals surface area (Å²) in [5.41, 5.74) is 2.22. The second kappa shape index (κ2) is 7.62. The van der Waals surface area contributed by atoms with Crippen LogP contribution in [0.5, 0.6) is 5.88 Å². The van der Waals surface area contributed by atoms with Gasteiger partial charge in [0, 0.05) is 44.3 Å². The highest BCUT2D eigenvalue weighted by molar-refractivity contribution is 5.81. The van der Waals surface area contributed by atoms with Crippen LogP contribution in [-0.4, -0.2) is 58.6 Å². The lowest BCUT2D eigenvalue weighted by Gasteiger charge is -2.17. The van der Waals surface area contributed by atoms with Gasteiger partial charge >= 0.3 is 0 Å². The molecule has 1 aliphatic heterocycles. The van der Waals surface area contributed by atoms with Gasteiger partial charge in [-0.05, 0) is 13.8 Å². The van der Waals surface area contributed by atoms with Crippen LogP contribution in [0.1, 0.15) is 19.2 Å². The summed E-state index contributed by atoms with van der Waals surface area (Å²) in [5.74, 6) is 2.82. The Morgan fingerprint density at radius 2 is 1.93 bits per heavy atom. The topological polar surface area (TPSA) is 108 Å². The number of aryl methyl sites for hydroxylation is 2. The molecule has 152 valence electrons. The van der Waals surface area contributed by atoms with Crippen molar-refractivity contribution in [2.24, 2.45) is 0 Å². The molecule has 0 bridgehead atoms. The van der Waals surface area contributed by atoms with Crippen LogP contribution in [0.2, 0.25) is 0 Å². The van der Waals surface area contributed by atoms with Crippen LogP contribution < -0.4 is 9.64 Å². The zero-order valence-electron chi connectivity index (χ0n) is 16.8. The van der Waals surface area contributed by atoms with Crippen molar-refractivity contribution in [2.75, 3.05) is 18.0 Å². The first-order valence-electron chi connectivity index (χ1n) is 9.90. The molecule has 0 saturated carbocycles.